The average Bonchev–Trinajstić information content (AvgIpc) is 2.68. The molecule has 0 aliphatic carbocycles. The predicted molar refractivity (Wildman–Crippen MR) is 64.1 cm³/mol. The zero-order valence-corrected chi connectivity index (χ0v) is 10.4. The zero-order chi connectivity index (χ0) is 12.0. The van der Waals surface area contributed by atoms with E-state index in [9.17, 15) is 4.79 Å². The third-order valence-corrected chi connectivity index (χ3v) is 2.91. The number of hydrogen-bond acceptors (Lipinski definition) is 3. The van der Waals surface area contributed by atoms with Gasteiger partial charge in [-0.1, -0.05) is 13.8 Å². The van der Waals surface area contributed by atoms with Crippen LogP contribution in [-0.4, -0.2) is 48.2 Å². The molecule has 4 heteroatoms. The molecule has 1 aliphatic heterocycles. The lowest BCUT2D eigenvalue weighted by molar-refractivity contribution is -0.132. The highest BCUT2D eigenvalue weighted by Crippen LogP contribution is 2.10. The van der Waals surface area contributed by atoms with Gasteiger partial charge in [-0.15, -0.1) is 0 Å². The molecule has 0 bridgehead atoms. The summed E-state index contributed by atoms with van der Waals surface area (Å²) in [5.74, 6) is 0.544. The molecule has 0 spiro atoms. The first kappa shape index (κ1) is 13.5. The molecule has 94 valence electrons. The van der Waals surface area contributed by atoms with Crippen LogP contribution in [0.1, 0.15) is 33.1 Å². The van der Waals surface area contributed by atoms with E-state index in [0.29, 0.717) is 24.9 Å². The van der Waals surface area contributed by atoms with Gasteiger partial charge in [-0.3, -0.25) is 4.79 Å². The molecular weight excluding hydrogens is 204 g/mol. The van der Waals surface area contributed by atoms with Gasteiger partial charge in [0.15, 0.2) is 0 Å². The minimum Gasteiger partial charge on any atom is -0.395 e. The van der Waals surface area contributed by atoms with Crippen molar-refractivity contribution < 1.29 is 9.90 Å². The van der Waals surface area contributed by atoms with Crippen LogP contribution in [0.4, 0.5) is 0 Å². The summed E-state index contributed by atoms with van der Waals surface area (Å²) in [6.45, 7) is 6.40. The Morgan fingerprint density at radius 1 is 1.56 bits per heavy atom. The highest BCUT2D eigenvalue weighted by Gasteiger charge is 2.21. The molecule has 1 aliphatic rings. The molecule has 0 aromatic carbocycles. The van der Waals surface area contributed by atoms with Gasteiger partial charge in [-0.05, 0) is 25.3 Å². The fourth-order valence-electron chi connectivity index (χ4n) is 2.10. The second-order valence-electron chi connectivity index (χ2n) is 4.95. The number of carbonyl (C=O) groups excluding carboxylic acids is 1. The van der Waals surface area contributed by atoms with E-state index in [2.05, 4.69) is 5.32 Å². The summed E-state index contributed by atoms with van der Waals surface area (Å²) in [4.78, 5) is 13.7. The van der Waals surface area contributed by atoms with Gasteiger partial charge in [-0.25, -0.2) is 0 Å². The van der Waals surface area contributed by atoms with Crippen LogP contribution in [0.25, 0.3) is 0 Å². The number of hydrogen-bond donors (Lipinski definition) is 2. The first-order valence-corrected chi connectivity index (χ1v) is 6.25. The fraction of sp³-hybridized carbons (Fsp3) is 0.917. The molecule has 0 saturated carbocycles. The van der Waals surface area contributed by atoms with Crippen molar-refractivity contribution in [3.05, 3.63) is 0 Å². The van der Waals surface area contributed by atoms with E-state index in [1.807, 2.05) is 13.8 Å². The van der Waals surface area contributed by atoms with Crippen LogP contribution in [0.15, 0.2) is 0 Å². The van der Waals surface area contributed by atoms with E-state index in [-0.39, 0.29) is 12.5 Å². The minimum atomic E-state index is 0.0521. The average molecular weight is 228 g/mol. The molecule has 1 fully saturated rings. The summed E-state index contributed by atoms with van der Waals surface area (Å²) in [7, 11) is 0. The molecular formula is C12H24N2O2. The second kappa shape index (κ2) is 6.86. The summed E-state index contributed by atoms with van der Waals surface area (Å²) in [6, 6.07) is 0.419. The van der Waals surface area contributed by atoms with Crippen LogP contribution < -0.4 is 5.32 Å². The lowest BCUT2D eigenvalue weighted by atomic mass is 10.1. The van der Waals surface area contributed by atoms with Crippen LogP contribution in [0.2, 0.25) is 0 Å². The van der Waals surface area contributed by atoms with Gasteiger partial charge in [0, 0.05) is 25.6 Å². The molecule has 2 N–H and O–H groups in total. The number of carbonyl (C=O) groups is 1. The van der Waals surface area contributed by atoms with Gasteiger partial charge >= 0.3 is 0 Å². The van der Waals surface area contributed by atoms with Crippen LogP contribution >= 0.6 is 0 Å². The highest BCUT2D eigenvalue weighted by molar-refractivity contribution is 5.76. The van der Waals surface area contributed by atoms with Crippen LogP contribution in [0, 0.1) is 5.92 Å². The molecule has 1 rings (SSSR count). The third kappa shape index (κ3) is 4.49. The van der Waals surface area contributed by atoms with Crippen LogP contribution in [0.5, 0.6) is 0 Å². The number of nitrogens with one attached hydrogen (secondary N) is 1. The molecule has 1 saturated heterocycles. The number of rotatable bonds is 6. The lowest BCUT2D eigenvalue weighted by Gasteiger charge is -2.26. The number of nitrogens with zero attached hydrogens (tertiary/aromatic N) is 1. The summed E-state index contributed by atoms with van der Waals surface area (Å²) < 4.78 is 0. The summed E-state index contributed by atoms with van der Waals surface area (Å²) in [5.41, 5.74) is 0. The van der Waals surface area contributed by atoms with E-state index in [1.165, 1.54) is 6.42 Å². The first-order valence-electron chi connectivity index (χ1n) is 6.25. The molecule has 16 heavy (non-hydrogen) atoms. The Labute approximate surface area is 98.0 Å². The maximum absolute atomic E-state index is 11.9. The summed E-state index contributed by atoms with van der Waals surface area (Å²) in [5, 5.41) is 12.4. The monoisotopic (exact) mass is 228 g/mol. The predicted octanol–water partition coefficient (Wildman–Crippen LogP) is 0.605. The zero-order valence-electron chi connectivity index (χ0n) is 10.4. The molecule has 1 heterocycles. The quantitative estimate of drug-likeness (QED) is 0.700. The summed E-state index contributed by atoms with van der Waals surface area (Å²) >= 11 is 0. The summed E-state index contributed by atoms with van der Waals surface area (Å²) in [6.07, 6.45) is 2.90. The SMILES string of the molecule is CC(C)CC(=O)N(CCO)CC1CCCN1. The number of aliphatic hydroxyl groups excluding tert-OH is 1. The maximum Gasteiger partial charge on any atom is 0.222 e. The normalized spacial score (nSPS) is 20.4. The Morgan fingerprint density at radius 3 is 2.81 bits per heavy atom. The van der Waals surface area contributed by atoms with Crippen molar-refractivity contribution in [2.45, 2.75) is 39.2 Å². The van der Waals surface area contributed by atoms with Gasteiger partial charge < -0.3 is 15.3 Å². The van der Waals surface area contributed by atoms with E-state index >= 15 is 0 Å². The first-order chi connectivity index (χ1) is 7.63. The van der Waals surface area contributed by atoms with Crippen molar-refractivity contribution in [3.63, 3.8) is 0 Å². The van der Waals surface area contributed by atoms with Gasteiger partial charge in [0.1, 0.15) is 0 Å². The Bertz CT molecular complexity index is 213. The smallest absolute Gasteiger partial charge is 0.222 e. The lowest BCUT2D eigenvalue weighted by Crippen LogP contribution is -2.42. The minimum absolute atomic E-state index is 0.0521. The standard InChI is InChI=1S/C12H24N2O2/c1-10(2)8-12(16)14(6-7-15)9-11-4-3-5-13-11/h10-11,13,15H,3-9H2,1-2H3. The van der Waals surface area contributed by atoms with Crippen molar-refractivity contribution in [2.75, 3.05) is 26.2 Å². The van der Waals surface area contributed by atoms with Gasteiger partial charge in [0.05, 0.1) is 6.61 Å². The largest absolute Gasteiger partial charge is 0.395 e. The van der Waals surface area contributed by atoms with Crippen molar-refractivity contribution >= 4 is 5.91 Å². The van der Waals surface area contributed by atoms with Gasteiger partial charge in [0.25, 0.3) is 0 Å². The van der Waals surface area contributed by atoms with Crippen molar-refractivity contribution in [1.29, 1.82) is 0 Å². The number of amides is 1. The molecule has 0 aromatic heterocycles. The van der Waals surface area contributed by atoms with Gasteiger partial charge in [0.2, 0.25) is 5.91 Å². The van der Waals surface area contributed by atoms with Crippen molar-refractivity contribution in [2.24, 2.45) is 5.92 Å². The molecule has 1 unspecified atom stereocenters. The van der Waals surface area contributed by atoms with E-state index in [4.69, 9.17) is 5.11 Å². The van der Waals surface area contributed by atoms with Crippen LogP contribution in [-0.2, 0) is 4.79 Å². The van der Waals surface area contributed by atoms with Crippen molar-refractivity contribution in [3.8, 4) is 0 Å². The maximum atomic E-state index is 11.9. The number of aliphatic hydroxyl groups is 1. The van der Waals surface area contributed by atoms with E-state index in [0.717, 1.165) is 19.5 Å². The Hall–Kier alpha value is -0.610. The molecule has 1 amide bonds. The Morgan fingerprint density at radius 2 is 2.31 bits per heavy atom. The van der Waals surface area contributed by atoms with E-state index < -0.39 is 0 Å². The van der Waals surface area contributed by atoms with E-state index in [1.54, 1.807) is 4.90 Å². The molecule has 4 nitrogen and oxygen atoms in total. The highest BCUT2D eigenvalue weighted by atomic mass is 16.3. The van der Waals surface area contributed by atoms with Gasteiger partial charge in [-0.2, -0.15) is 0 Å². The fourth-order valence-corrected chi connectivity index (χ4v) is 2.10. The van der Waals surface area contributed by atoms with Crippen LogP contribution in [0.3, 0.4) is 0 Å². The van der Waals surface area contributed by atoms with Crippen molar-refractivity contribution in [1.82, 2.24) is 10.2 Å². The Balaban J connectivity index is 2.41. The second-order valence-corrected chi connectivity index (χ2v) is 4.95. The molecule has 0 aromatic rings. The molecule has 1 atom stereocenters. The molecule has 0 radical (unpaired) electrons. The third-order valence-electron chi connectivity index (χ3n) is 2.91. The topological polar surface area (TPSA) is 52.6 Å². The Kier molecular flexibility index (Phi) is 5.77.